The van der Waals surface area contributed by atoms with Crippen molar-refractivity contribution < 1.29 is 14.3 Å². The first-order chi connectivity index (χ1) is 14.3. The summed E-state index contributed by atoms with van der Waals surface area (Å²) in [6.07, 6.45) is 0. The quantitative estimate of drug-likeness (QED) is 0.626. The highest BCUT2D eigenvalue weighted by Gasteiger charge is 2.30. The van der Waals surface area contributed by atoms with Crippen LogP contribution in [0.2, 0.25) is 0 Å². The van der Waals surface area contributed by atoms with E-state index in [1.54, 1.807) is 4.90 Å². The number of nitrogens with one attached hydrogen (secondary N) is 1. The topological polar surface area (TPSA) is 58.6 Å². The van der Waals surface area contributed by atoms with Crippen molar-refractivity contribution in [1.29, 1.82) is 0 Å². The molecule has 0 saturated carbocycles. The molecule has 1 N–H and O–H groups in total. The number of nitrogens with zero attached hydrogens (tertiary/aromatic N) is 1. The average Bonchev–Trinajstić information content (AvgIpc) is 2.99. The molecule has 0 fully saturated rings. The number of hydrogen-bond acceptors (Lipinski definition) is 3. The van der Waals surface area contributed by atoms with Gasteiger partial charge in [0.05, 0.1) is 12.2 Å². The molecule has 0 bridgehead atoms. The molecule has 0 radical (unpaired) electrons. The van der Waals surface area contributed by atoms with Gasteiger partial charge in [-0.3, -0.25) is 14.5 Å². The molecule has 3 aromatic rings. The Morgan fingerprint density at radius 3 is 2.40 bits per heavy atom. The number of hydrogen-bond donors (Lipinski definition) is 1. The van der Waals surface area contributed by atoms with E-state index >= 15 is 0 Å². The molecule has 1 aliphatic rings. The Labute approximate surface area is 176 Å². The fourth-order valence-electron chi connectivity index (χ4n) is 3.75. The van der Waals surface area contributed by atoms with Gasteiger partial charge in [0, 0.05) is 10.9 Å². The van der Waals surface area contributed by atoms with Gasteiger partial charge in [0.15, 0.2) is 0 Å². The molecule has 0 atom stereocenters. The summed E-state index contributed by atoms with van der Waals surface area (Å²) in [6, 6.07) is 19.4. The van der Waals surface area contributed by atoms with Crippen LogP contribution in [0.25, 0.3) is 10.8 Å². The molecule has 0 aliphatic carbocycles. The maximum absolute atomic E-state index is 12.7. The van der Waals surface area contributed by atoms with Gasteiger partial charge in [-0.15, -0.1) is 0 Å². The molecule has 154 valence electrons. The second-order valence-electron chi connectivity index (χ2n) is 8.54. The maximum Gasteiger partial charge on any atom is 0.259 e. The van der Waals surface area contributed by atoms with Crippen LogP contribution in [0.15, 0.2) is 60.7 Å². The predicted molar refractivity (Wildman–Crippen MR) is 119 cm³/mol. The van der Waals surface area contributed by atoms with Crippen molar-refractivity contribution in [2.45, 2.75) is 26.2 Å². The fourth-order valence-corrected chi connectivity index (χ4v) is 3.75. The lowest BCUT2D eigenvalue weighted by atomic mass is 9.87. The molecule has 5 nitrogen and oxygen atoms in total. The minimum atomic E-state index is -0.208. The summed E-state index contributed by atoms with van der Waals surface area (Å²) >= 11 is 0. The molecule has 5 heteroatoms. The average molecular weight is 402 g/mol. The summed E-state index contributed by atoms with van der Waals surface area (Å²) in [5.74, 6) is 0.432. The van der Waals surface area contributed by atoms with Gasteiger partial charge in [-0.2, -0.15) is 0 Å². The zero-order valence-corrected chi connectivity index (χ0v) is 17.6. The van der Waals surface area contributed by atoms with Gasteiger partial charge in [0.2, 0.25) is 5.91 Å². The highest BCUT2D eigenvalue weighted by Crippen LogP contribution is 2.36. The summed E-state index contributed by atoms with van der Waals surface area (Å²) in [5, 5.41) is 4.76. The molecule has 3 aromatic carbocycles. The highest BCUT2D eigenvalue weighted by atomic mass is 16.5. The standard InChI is InChI=1S/C25H26N2O3/c1-25(2,3)18-10-12-19(13-11-18)30-15-14-26-22(28)16-27-21-9-5-7-17-6-4-8-20(23(17)21)24(27)29/h4-13H,14-16H2,1-3H3,(H,26,28). The van der Waals surface area contributed by atoms with Crippen molar-refractivity contribution in [2.24, 2.45) is 0 Å². The number of amides is 2. The Kier molecular flexibility index (Phi) is 5.20. The van der Waals surface area contributed by atoms with E-state index in [0.29, 0.717) is 18.7 Å². The number of carbonyl (C=O) groups is 2. The number of benzene rings is 3. The largest absolute Gasteiger partial charge is 0.492 e. The lowest BCUT2D eigenvalue weighted by molar-refractivity contribution is -0.119. The Hall–Kier alpha value is -3.34. The summed E-state index contributed by atoms with van der Waals surface area (Å²) in [6.45, 7) is 7.24. The predicted octanol–water partition coefficient (Wildman–Crippen LogP) is 4.29. The fraction of sp³-hybridized carbons (Fsp3) is 0.280. The molecule has 0 unspecified atom stereocenters. The second-order valence-corrected chi connectivity index (χ2v) is 8.54. The maximum atomic E-state index is 12.7. The van der Waals surface area contributed by atoms with Crippen molar-refractivity contribution >= 4 is 28.3 Å². The Bertz CT molecular complexity index is 1090. The van der Waals surface area contributed by atoms with Crippen LogP contribution in [-0.2, 0) is 10.2 Å². The van der Waals surface area contributed by atoms with Gasteiger partial charge < -0.3 is 10.1 Å². The first-order valence-corrected chi connectivity index (χ1v) is 10.2. The third-order valence-electron chi connectivity index (χ3n) is 5.36. The van der Waals surface area contributed by atoms with E-state index in [-0.39, 0.29) is 23.8 Å². The SMILES string of the molecule is CC(C)(C)c1ccc(OCCNC(=O)CN2C(=O)c3cccc4cccc2c34)cc1. The van der Waals surface area contributed by atoms with Crippen molar-refractivity contribution in [1.82, 2.24) is 5.32 Å². The van der Waals surface area contributed by atoms with Gasteiger partial charge in [0.25, 0.3) is 5.91 Å². The van der Waals surface area contributed by atoms with E-state index in [0.717, 1.165) is 22.2 Å². The van der Waals surface area contributed by atoms with Crippen molar-refractivity contribution in [2.75, 3.05) is 24.6 Å². The summed E-state index contributed by atoms with van der Waals surface area (Å²) in [5.41, 5.74) is 2.79. The van der Waals surface area contributed by atoms with Gasteiger partial charge in [-0.1, -0.05) is 57.2 Å². The zero-order chi connectivity index (χ0) is 21.3. The Balaban J connectivity index is 1.30. The molecule has 4 rings (SSSR count). The molecule has 1 heterocycles. The minimum Gasteiger partial charge on any atom is -0.492 e. The van der Waals surface area contributed by atoms with E-state index in [2.05, 4.69) is 38.2 Å². The zero-order valence-electron chi connectivity index (χ0n) is 17.6. The van der Waals surface area contributed by atoms with Crippen LogP contribution in [0, 0.1) is 0 Å². The number of anilines is 1. The van der Waals surface area contributed by atoms with Crippen LogP contribution >= 0.6 is 0 Å². The third kappa shape index (κ3) is 3.88. The second kappa shape index (κ2) is 7.82. The summed E-state index contributed by atoms with van der Waals surface area (Å²) in [4.78, 5) is 26.7. The van der Waals surface area contributed by atoms with Crippen LogP contribution in [0.1, 0.15) is 36.7 Å². The molecular formula is C25H26N2O3. The van der Waals surface area contributed by atoms with Crippen molar-refractivity contribution in [3.8, 4) is 5.75 Å². The molecule has 2 amide bonds. The van der Waals surface area contributed by atoms with Crippen LogP contribution in [-0.4, -0.2) is 31.5 Å². The monoisotopic (exact) mass is 402 g/mol. The van der Waals surface area contributed by atoms with Gasteiger partial charge in [0.1, 0.15) is 18.9 Å². The van der Waals surface area contributed by atoms with E-state index in [4.69, 9.17) is 4.74 Å². The van der Waals surface area contributed by atoms with Gasteiger partial charge in [-0.05, 0) is 40.6 Å². The highest BCUT2D eigenvalue weighted by molar-refractivity contribution is 6.26. The van der Waals surface area contributed by atoms with Gasteiger partial charge in [-0.25, -0.2) is 0 Å². The van der Waals surface area contributed by atoms with Crippen LogP contribution in [0.4, 0.5) is 5.69 Å². The molecule has 0 spiro atoms. The molecule has 0 saturated heterocycles. The summed E-state index contributed by atoms with van der Waals surface area (Å²) < 4.78 is 5.72. The lowest BCUT2D eigenvalue weighted by Gasteiger charge is -2.19. The van der Waals surface area contributed by atoms with Crippen LogP contribution in [0.3, 0.4) is 0 Å². The van der Waals surface area contributed by atoms with E-state index in [1.165, 1.54) is 5.56 Å². The van der Waals surface area contributed by atoms with E-state index in [1.807, 2.05) is 48.5 Å². The molecular weight excluding hydrogens is 376 g/mol. The van der Waals surface area contributed by atoms with Crippen LogP contribution in [0.5, 0.6) is 5.75 Å². The third-order valence-corrected chi connectivity index (χ3v) is 5.36. The Morgan fingerprint density at radius 2 is 1.70 bits per heavy atom. The minimum absolute atomic E-state index is 0.00704. The Morgan fingerprint density at radius 1 is 1.00 bits per heavy atom. The van der Waals surface area contributed by atoms with E-state index in [9.17, 15) is 9.59 Å². The number of carbonyl (C=O) groups excluding carboxylic acids is 2. The molecule has 0 aromatic heterocycles. The lowest BCUT2D eigenvalue weighted by Crippen LogP contribution is -2.40. The van der Waals surface area contributed by atoms with E-state index < -0.39 is 0 Å². The van der Waals surface area contributed by atoms with Gasteiger partial charge >= 0.3 is 0 Å². The molecule has 30 heavy (non-hydrogen) atoms. The first-order valence-electron chi connectivity index (χ1n) is 10.2. The number of ether oxygens (including phenoxy) is 1. The first kappa shape index (κ1) is 20.0. The summed E-state index contributed by atoms with van der Waals surface area (Å²) in [7, 11) is 0. The molecule has 1 aliphatic heterocycles. The van der Waals surface area contributed by atoms with Crippen molar-refractivity contribution in [3.63, 3.8) is 0 Å². The smallest absolute Gasteiger partial charge is 0.259 e. The normalized spacial score (nSPS) is 13.0. The van der Waals surface area contributed by atoms with Crippen LogP contribution < -0.4 is 15.0 Å². The number of rotatable bonds is 6. The van der Waals surface area contributed by atoms with Crippen molar-refractivity contribution in [3.05, 3.63) is 71.8 Å².